The zero-order chi connectivity index (χ0) is 12.3. The number of pyridine rings is 1. The summed E-state index contributed by atoms with van der Waals surface area (Å²) in [6.45, 7) is 0.431. The smallest absolute Gasteiger partial charge is 0.305 e. The van der Waals surface area contributed by atoms with Gasteiger partial charge in [-0.1, -0.05) is 0 Å². The standard InChI is InChI=1S/C12H13N3O2/c13-8-10-11(2-1-6-14-10)15(9-3-4-9)7-5-12(16)17/h1-2,6,9H,3-5,7H2,(H,16,17). The SMILES string of the molecule is N#Cc1ncccc1N(CCC(=O)O)C1CC1. The van der Waals surface area contributed by atoms with Crippen molar-refractivity contribution in [3.63, 3.8) is 0 Å². The lowest BCUT2D eigenvalue weighted by Gasteiger charge is -2.24. The van der Waals surface area contributed by atoms with Gasteiger partial charge in [0, 0.05) is 18.8 Å². The summed E-state index contributed by atoms with van der Waals surface area (Å²) in [7, 11) is 0. The zero-order valence-corrected chi connectivity index (χ0v) is 9.33. The van der Waals surface area contributed by atoms with Crippen LogP contribution in [0.25, 0.3) is 0 Å². The Labute approximate surface area is 99.3 Å². The molecule has 0 aliphatic heterocycles. The molecule has 1 aromatic heterocycles. The molecule has 5 heteroatoms. The number of anilines is 1. The fraction of sp³-hybridized carbons (Fsp3) is 0.417. The van der Waals surface area contributed by atoms with E-state index < -0.39 is 5.97 Å². The van der Waals surface area contributed by atoms with Crippen molar-refractivity contribution in [2.75, 3.05) is 11.4 Å². The molecule has 1 aromatic rings. The van der Waals surface area contributed by atoms with E-state index in [0.29, 0.717) is 18.3 Å². The second-order valence-electron chi connectivity index (χ2n) is 4.05. The molecule has 0 saturated heterocycles. The molecule has 1 aliphatic rings. The molecule has 0 atom stereocenters. The van der Waals surface area contributed by atoms with Gasteiger partial charge < -0.3 is 10.0 Å². The highest BCUT2D eigenvalue weighted by atomic mass is 16.4. The quantitative estimate of drug-likeness (QED) is 0.828. The third kappa shape index (κ3) is 2.72. The third-order valence-corrected chi connectivity index (χ3v) is 2.76. The van der Waals surface area contributed by atoms with Gasteiger partial charge in [-0.05, 0) is 25.0 Å². The van der Waals surface area contributed by atoms with Crippen molar-refractivity contribution in [1.29, 1.82) is 5.26 Å². The maximum Gasteiger partial charge on any atom is 0.305 e. The summed E-state index contributed by atoms with van der Waals surface area (Å²) >= 11 is 0. The monoisotopic (exact) mass is 231 g/mol. The lowest BCUT2D eigenvalue weighted by molar-refractivity contribution is -0.136. The number of nitrogens with zero attached hydrogens (tertiary/aromatic N) is 3. The minimum absolute atomic E-state index is 0.0796. The number of carboxylic acid groups (broad SMARTS) is 1. The molecule has 0 amide bonds. The maximum atomic E-state index is 10.6. The number of rotatable bonds is 5. The van der Waals surface area contributed by atoms with E-state index in [9.17, 15) is 4.79 Å². The van der Waals surface area contributed by atoms with E-state index in [1.165, 1.54) is 0 Å². The van der Waals surface area contributed by atoms with E-state index in [1.54, 1.807) is 12.3 Å². The Morgan fingerprint density at radius 3 is 3.00 bits per heavy atom. The second kappa shape index (κ2) is 4.83. The number of nitriles is 1. The Balaban J connectivity index is 2.20. The molecule has 1 fully saturated rings. The van der Waals surface area contributed by atoms with Gasteiger partial charge in [-0.2, -0.15) is 5.26 Å². The maximum absolute atomic E-state index is 10.6. The van der Waals surface area contributed by atoms with Crippen molar-refractivity contribution in [1.82, 2.24) is 4.98 Å². The summed E-state index contributed by atoms with van der Waals surface area (Å²) < 4.78 is 0. The van der Waals surface area contributed by atoms with Gasteiger partial charge in [0.25, 0.3) is 0 Å². The topological polar surface area (TPSA) is 77.2 Å². The Bertz CT molecular complexity index is 463. The fourth-order valence-electron chi connectivity index (χ4n) is 1.82. The molecule has 0 aromatic carbocycles. The van der Waals surface area contributed by atoms with Crippen LogP contribution in [0.4, 0.5) is 5.69 Å². The van der Waals surface area contributed by atoms with Crippen LogP contribution in [0, 0.1) is 11.3 Å². The number of aromatic nitrogens is 1. The van der Waals surface area contributed by atoms with Gasteiger partial charge in [0.2, 0.25) is 0 Å². The predicted molar refractivity (Wildman–Crippen MR) is 61.6 cm³/mol. The molecule has 0 bridgehead atoms. The number of hydrogen-bond donors (Lipinski definition) is 1. The van der Waals surface area contributed by atoms with Crippen LogP contribution in [0.3, 0.4) is 0 Å². The lowest BCUT2D eigenvalue weighted by atomic mass is 10.2. The molecular weight excluding hydrogens is 218 g/mol. The lowest BCUT2D eigenvalue weighted by Crippen LogP contribution is -2.29. The van der Waals surface area contributed by atoms with Crippen molar-refractivity contribution in [2.45, 2.75) is 25.3 Å². The van der Waals surface area contributed by atoms with Crippen LogP contribution in [0.1, 0.15) is 25.0 Å². The van der Waals surface area contributed by atoms with E-state index >= 15 is 0 Å². The number of carbonyl (C=O) groups is 1. The Morgan fingerprint density at radius 2 is 2.41 bits per heavy atom. The predicted octanol–water partition coefficient (Wildman–Crippen LogP) is 1.40. The highest BCUT2D eigenvalue weighted by molar-refractivity contribution is 5.68. The van der Waals surface area contributed by atoms with Crippen molar-refractivity contribution in [3.8, 4) is 6.07 Å². The van der Waals surface area contributed by atoms with Gasteiger partial charge in [-0.15, -0.1) is 0 Å². The van der Waals surface area contributed by atoms with Crippen LogP contribution in [0.2, 0.25) is 0 Å². The van der Waals surface area contributed by atoms with Gasteiger partial charge in [0.15, 0.2) is 5.69 Å². The van der Waals surface area contributed by atoms with Crippen LogP contribution in [-0.2, 0) is 4.79 Å². The molecule has 17 heavy (non-hydrogen) atoms. The minimum atomic E-state index is -0.821. The molecule has 88 valence electrons. The third-order valence-electron chi connectivity index (χ3n) is 2.76. The molecular formula is C12H13N3O2. The Morgan fingerprint density at radius 1 is 1.65 bits per heavy atom. The van der Waals surface area contributed by atoms with E-state index in [1.807, 2.05) is 17.0 Å². The van der Waals surface area contributed by atoms with Crippen molar-refractivity contribution in [2.24, 2.45) is 0 Å². The first-order valence-electron chi connectivity index (χ1n) is 5.56. The molecule has 5 nitrogen and oxygen atoms in total. The summed E-state index contributed by atoms with van der Waals surface area (Å²) in [6, 6.07) is 6.01. The van der Waals surface area contributed by atoms with Crippen LogP contribution >= 0.6 is 0 Å². The molecule has 1 heterocycles. The molecule has 1 N–H and O–H groups in total. The molecule has 0 unspecified atom stereocenters. The first kappa shape index (κ1) is 11.4. The van der Waals surface area contributed by atoms with Crippen molar-refractivity contribution >= 4 is 11.7 Å². The van der Waals surface area contributed by atoms with Gasteiger partial charge >= 0.3 is 5.97 Å². The van der Waals surface area contributed by atoms with E-state index in [2.05, 4.69) is 4.98 Å². The molecule has 0 spiro atoms. The van der Waals surface area contributed by atoms with E-state index in [4.69, 9.17) is 10.4 Å². The first-order valence-corrected chi connectivity index (χ1v) is 5.56. The molecule has 0 radical (unpaired) electrons. The fourth-order valence-corrected chi connectivity index (χ4v) is 1.82. The van der Waals surface area contributed by atoms with Crippen LogP contribution < -0.4 is 4.90 Å². The summed E-state index contributed by atoms with van der Waals surface area (Å²) in [5.41, 5.74) is 1.11. The van der Waals surface area contributed by atoms with Crippen LogP contribution in [-0.4, -0.2) is 28.6 Å². The Kier molecular flexibility index (Phi) is 3.24. The first-order chi connectivity index (χ1) is 8.22. The average Bonchev–Trinajstić information content (AvgIpc) is 3.14. The number of hydrogen-bond acceptors (Lipinski definition) is 4. The van der Waals surface area contributed by atoms with Gasteiger partial charge in [0.05, 0.1) is 12.1 Å². The van der Waals surface area contributed by atoms with Crippen molar-refractivity contribution in [3.05, 3.63) is 24.0 Å². The highest BCUT2D eigenvalue weighted by Gasteiger charge is 2.30. The zero-order valence-electron chi connectivity index (χ0n) is 9.33. The summed E-state index contributed by atoms with van der Waals surface area (Å²) in [6.07, 6.45) is 3.76. The average molecular weight is 231 g/mol. The van der Waals surface area contributed by atoms with Gasteiger partial charge in [-0.3, -0.25) is 4.79 Å². The Hall–Kier alpha value is -2.09. The molecule has 1 saturated carbocycles. The number of carboxylic acids is 1. The summed E-state index contributed by atoms with van der Waals surface area (Å²) in [5.74, 6) is -0.821. The largest absolute Gasteiger partial charge is 0.481 e. The van der Waals surface area contributed by atoms with Gasteiger partial charge in [0.1, 0.15) is 6.07 Å². The van der Waals surface area contributed by atoms with E-state index in [0.717, 1.165) is 18.5 Å². The van der Waals surface area contributed by atoms with Gasteiger partial charge in [-0.25, -0.2) is 4.98 Å². The molecule has 2 rings (SSSR count). The minimum Gasteiger partial charge on any atom is -0.481 e. The van der Waals surface area contributed by atoms with Crippen molar-refractivity contribution < 1.29 is 9.90 Å². The van der Waals surface area contributed by atoms with E-state index in [-0.39, 0.29) is 6.42 Å². The summed E-state index contributed by atoms with van der Waals surface area (Å²) in [4.78, 5) is 16.6. The normalized spacial score (nSPS) is 14.1. The summed E-state index contributed by atoms with van der Waals surface area (Å²) in [5, 5.41) is 17.7. The number of aliphatic carboxylic acids is 1. The molecule has 1 aliphatic carbocycles. The van der Waals surface area contributed by atoms with Crippen LogP contribution in [0.15, 0.2) is 18.3 Å². The second-order valence-corrected chi connectivity index (χ2v) is 4.05. The highest BCUT2D eigenvalue weighted by Crippen LogP contribution is 2.32. The van der Waals surface area contributed by atoms with Crippen LogP contribution in [0.5, 0.6) is 0 Å².